The fraction of sp³-hybridized carbons (Fsp3) is 1.00. The van der Waals surface area contributed by atoms with E-state index in [1.807, 2.05) is 0 Å². The van der Waals surface area contributed by atoms with Crippen LogP contribution in [-0.2, 0) is 3.07 Å². The van der Waals surface area contributed by atoms with Crippen LogP contribution in [0.2, 0.25) is 0 Å². The van der Waals surface area contributed by atoms with Gasteiger partial charge in [0.2, 0.25) is 0 Å². The molecule has 27 heavy (non-hydrogen) atoms. The zero-order chi connectivity index (χ0) is 22.7. The summed E-state index contributed by atoms with van der Waals surface area (Å²) in [5.74, 6) is -49.8. The first kappa shape index (κ1) is 26.6. The quantitative estimate of drug-likeness (QED) is 0.317. The number of halogens is 17. The van der Waals surface area contributed by atoms with Gasteiger partial charge in [-0.2, -0.15) is 0 Å². The van der Waals surface area contributed by atoms with E-state index in [4.69, 9.17) is 0 Å². The van der Waals surface area contributed by atoms with Crippen LogP contribution in [0.25, 0.3) is 0 Å². The van der Waals surface area contributed by atoms with Crippen molar-refractivity contribution in [2.45, 2.75) is 47.8 Å². The van der Waals surface area contributed by atoms with Crippen LogP contribution in [0.5, 0.6) is 0 Å². The maximum atomic E-state index is 13.0. The van der Waals surface area contributed by atoms with Gasteiger partial charge in [0, 0.05) is 0 Å². The molecule has 0 aliphatic carbocycles. The van der Waals surface area contributed by atoms with Crippen LogP contribution >= 0.6 is 0 Å². The summed E-state index contributed by atoms with van der Waals surface area (Å²) >= 11 is -1.27. The van der Waals surface area contributed by atoms with E-state index >= 15 is 0 Å². The molecule has 1 nitrogen and oxygen atoms in total. The van der Waals surface area contributed by atoms with Gasteiger partial charge in [-0.3, -0.25) is 0 Å². The molecule has 0 bridgehead atoms. The predicted octanol–water partition coefficient (Wildman–Crippen LogP) is 5.05. The normalized spacial score (nSPS) is 16.7. The molecule has 0 aromatic heterocycles. The summed E-state index contributed by atoms with van der Waals surface area (Å²) in [5.41, 5.74) is 0. The van der Waals surface area contributed by atoms with Gasteiger partial charge >= 0.3 is 148 Å². The molecule has 0 fully saturated rings. The molecule has 0 N–H and O–H groups in total. The Morgan fingerprint density at radius 2 is 0.593 bits per heavy atom. The van der Waals surface area contributed by atoms with Crippen LogP contribution in [-0.4, -0.2) is 70.8 Å². The molecule has 0 unspecified atom stereocenters. The van der Waals surface area contributed by atoms with Gasteiger partial charge < -0.3 is 0 Å². The van der Waals surface area contributed by atoms with Crippen LogP contribution in [0.4, 0.5) is 74.6 Å². The second kappa shape index (κ2) is 6.54. The number of alkyl halides is 17. The molecule has 0 aromatic carbocycles. The molecule has 0 amide bonds. The van der Waals surface area contributed by atoms with Gasteiger partial charge in [0.05, 0.1) is 0 Å². The van der Waals surface area contributed by atoms with Gasteiger partial charge in [-0.1, -0.05) is 0 Å². The molecule has 0 rings (SSSR count). The number of hydrogen-bond donors (Lipinski definition) is 0. The van der Waals surface area contributed by atoms with Crippen LogP contribution in [0.3, 0.4) is 0 Å². The standard InChI is InChI=1S/C8F17O.Sn/c9-1(10,3(13,14)5(17,18)7(21,22)23)2(11,12)4(15,16)6(19,20)8(24,25)26;/q-1;+1. The van der Waals surface area contributed by atoms with Gasteiger partial charge in [-0.25, -0.2) is 0 Å². The zero-order valence-corrected chi connectivity index (χ0v) is 14.2. The Labute approximate surface area is 149 Å². The first-order chi connectivity index (χ1) is 11.3. The van der Waals surface area contributed by atoms with Crippen molar-refractivity contribution in [1.82, 2.24) is 0 Å². The molecule has 19 heteroatoms. The van der Waals surface area contributed by atoms with Crippen LogP contribution in [0, 0.1) is 0 Å². The SMILES string of the molecule is FC(F)(F)C(F)(F)C(F)(F)C(F)(F)C(F)(F)C(F)(F)C(F)(F)C(F)(F)[O][Sn]. The van der Waals surface area contributed by atoms with E-state index in [9.17, 15) is 74.6 Å². The fourth-order valence-corrected chi connectivity index (χ4v) is 1.58. The number of rotatable bonds is 7. The third kappa shape index (κ3) is 3.30. The van der Waals surface area contributed by atoms with Crippen LogP contribution < -0.4 is 0 Å². The first-order valence-electron chi connectivity index (χ1n) is 5.37. The molecule has 0 saturated heterocycles. The average molecular weight is 554 g/mol. The molecule has 0 aliphatic rings. The van der Waals surface area contributed by atoms with Crippen molar-refractivity contribution < 1.29 is 77.7 Å². The Balaban J connectivity index is 6.65. The van der Waals surface area contributed by atoms with E-state index in [1.54, 1.807) is 0 Å². The van der Waals surface area contributed by atoms with Gasteiger partial charge in [0.1, 0.15) is 0 Å². The van der Waals surface area contributed by atoms with Gasteiger partial charge in [0.25, 0.3) is 0 Å². The van der Waals surface area contributed by atoms with E-state index in [0.717, 1.165) is 0 Å². The van der Waals surface area contributed by atoms with Crippen molar-refractivity contribution in [1.29, 1.82) is 0 Å². The summed E-state index contributed by atoms with van der Waals surface area (Å²) in [6.45, 7) is 0. The van der Waals surface area contributed by atoms with Crippen molar-refractivity contribution >= 4 is 22.9 Å². The maximum absolute atomic E-state index is 13.0. The van der Waals surface area contributed by atoms with Gasteiger partial charge in [-0.15, -0.1) is 0 Å². The molecule has 161 valence electrons. The van der Waals surface area contributed by atoms with Gasteiger partial charge in [-0.05, 0) is 0 Å². The molecular weight excluding hydrogens is 554 g/mol. The Bertz CT molecular complexity index is 548. The summed E-state index contributed by atoms with van der Waals surface area (Å²) in [6, 6.07) is 0. The van der Waals surface area contributed by atoms with E-state index in [2.05, 4.69) is 3.07 Å². The first-order valence-corrected chi connectivity index (χ1v) is 6.54. The van der Waals surface area contributed by atoms with Crippen molar-refractivity contribution in [3.05, 3.63) is 0 Å². The Kier molecular flexibility index (Phi) is 6.44. The van der Waals surface area contributed by atoms with Crippen LogP contribution in [0.1, 0.15) is 0 Å². The summed E-state index contributed by atoms with van der Waals surface area (Å²) in [4.78, 5) is 0. The molecule has 0 saturated carbocycles. The molecular formula is C8F17OSn. The molecule has 0 spiro atoms. The summed E-state index contributed by atoms with van der Waals surface area (Å²) < 4.78 is 217. The molecule has 0 heterocycles. The van der Waals surface area contributed by atoms with Crippen molar-refractivity contribution in [3.63, 3.8) is 0 Å². The molecule has 3 radical (unpaired) electrons. The molecule has 0 aromatic rings. The van der Waals surface area contributed by atoms with Crippen molar-refractivity contribution in [2.24, 2.45) is 0 Å². The second-order valence-electron chi connectivity index (χ2n) is 4.56. The zero-order valence-electron chi connectivity index (χ0n) is 11.3. The minimum absolute atomic E-state index is 1.27. The predicted molar refractivity (Wildman–Crippen MR) is 47.5 cm³/mol. The van der Waals surface area contributed by atoms with Crippen molar-refractivity contribution in [3.8, 4) is 0 Å². The Morgan fingerprint density at radius 1 is 0.370 bits per heavy atom. The van der Waals surface area contributed by atoms with E-state index < -0.39 is 70.8 Å². The fourth-order valence-electron chi connectivity index (χ4n) is 1.21. The molecule has 0 atom stereocenters. The summed E-state index contributed by atoms with van der Waals surface area (Å²) in [5, 5.41) is 0. The second-order valence-corrected chi connectivity index (χ2v) is 5.15. The summed E-state index contributed by atoms with van der Waals surface area (Å²) in [7, 11) is 0. The summed E-state index contributed by atoms with van der Waals surface area (Å²) in [6.07, 6.45) is -14.5. The minimum atomic E-state index is -8.61. The average Bonchev–Trinajstić information content (AvgIpc) is 2.44. The Hall–Kier alpha value is -0.431. The monoisotopic (exact) mass is 555 g/mol. The third-order valence-corrected chi connectivity index (χ3v) is 3.55. The van der Waals surface area contributed by atoms with E-state index in [0.29, 0.717) is 0 Å². The number of hydrogen-bond acceptors (Lipinski definition) is 1. The van der Waals surface area contributed by atoms with Crippen molar-refractivity contribution in [2.75, 3.05) is 0 Å². The van der Waals surface area contributed by atoms with Crippen LogP contribution in [0.15, 0.2) is 0 Å². The topological polar surface area (TPSA) is 9.23 Å². The molecule has 0 aliphatic heterocycles. The van der Waals surface area contributed by atoms with Gasteiger partial charge in [0.15, 0.2) is 0 Å². The Morgan fingerprint density at radius 3 is 0.815 bits per heavy atom. The van der Waals surface area contributed by atoms with E-state index in [-0.39, 0.29) is 0 Å². The third-order valence-electron chi connectivity index (χ3n) is 2.82. The van der Waals surface area contributed by atoms with E-state index in [1.165, 1.54) is 0 Å².